The van der Waals surface area contributed by atoms with Crippen LogP contribution in [0.5, 0.6) is 5.88 Å². The van der Waals surface area contributed by atoms with E-state index in [-0.39, 0.29) is 17.6 Å². The topological polar surface area (TPSA) is 88.5 Å². The second-order valence-corrected chi connectivity index (χ2v) is 4.94. The molecule has 1 fully saturated rings. The van der Waals surface area contributed by atoms with Gasteiger partial charge < -0.3 is 15.2 Å². The van der Waals surface area contributed by atoms with Crippen molar-refractivity contribution >= 4 is 11.9 Å². The summed E-state index contributed by atoms with van der Waals surface area (Å²) in [4.78, 5) is 26.2. The highest BCUT2D eigenvalue weighted by Crippen LogP contribution is 2.27. The van der Waals surface area contributed by atoms with E-state index < -0.39 is 30.6 Å². The fourth-order valence-corrected chi connectivity index (χ4v) is 1.97. The van der Waals surface area contributed by atoms with Gasteiger partial charge in [-0.2, -0.15) is 13.2 Å². The normalized spacial score (nSPS) is 20.9. The van der Waals surface area contributed by atoms with Crippen LogP contribution in [0, 0.1) is 5.92 Å². The van der Waals surface area contributed by atoms with Crippen molar-refractivity contribution < 1.29 is 32.6 Å². The first kappa shape index (κ1) is 16.1. The van der Waals surface area contributed by atoms with Gasteiger partial charge in [0.05, 0.1) is 5.92 Å². The van der Waals surface area contributed by atoms with E-state index >= 15 is 0 Å². The van der Waals surface area contributed by atoms with E-state index in [1.165, 1.54) is 18.2 Å². The average Bonchev–Trinajstić information content (AvgIpc) is 2.39. The van der Waals surface area contributed by atoms with Crippen molar-refractivity contribution in [3.8, 4) is 5.88 Å². The fourth-order valence-electron chi connectivity index (χ4n) is 1.97. The van der Waals surface area contributed by atoms with Gasteiger partial charge in [0.25, 0.3) is 5.91 Å². The maximum Gasteiger partial charge on any atom is 0.422 e. The number of alkyl halides is 3. The molecule has 120 valence electrons. The molecule has 0 aromatic carbocycles. The Bertz CT molecular complexity index is 571. The van der Waals surface area contributed by atoms with Crippen LogP contribution in [0.2, 0.25) is 0 Å². The van der Waals surface area contributed by atoms with Crippen LogP contribution in [0.15, 0.2) is 18.2 Å². The largest absolute Gasteiger partial charge is 0.481 e. The molecule has 2 rings (SSSR count). The van der Waals surface area contributed by atoms with Crippen LogP contribution in [0.25, 0.3) is 0 Å². The van der Waals surface area contributed by atoms with Gasteiger partial charge in [-0.05, 0) is 18.9 Å². The highest BCUT2D eigenvalue weighted by Gasteiger charge is 2.35. The van der Waals surface area contributed by atoms with Gasteiger partial charge in [-0.3, -0.25) is 9.59 Å². The lowest BCUT2D eigenvalue weighted by molar-refractivity contribution is -0.154. The Kier molecular flexibility index (Phi) is 4.53. The molecule has 1 aromatic rings. The molecule has 0 radical (unpaired) electrons. The Hall–Kier alpha value is -2.32. The molecule has 0 bridgehead atoms. The van der Waals surface area contributed by atoms with E-state index in [1.807, 2.05) is 0 Å². The van der Waals surface area contributed by atoms with Crippen LogP contribution in [-0.2, 0) is 4.79 Å². The lowest BCUT2D eigenvalue weighted by Gasteiger charge is -2.32. The highest BCUT2D eigenvalue weighted by molar-refractivity contribution is 5.92. The first-order valence-electron chi connectivity index (χ1n) is 6.45. The van der Waals surface area contributed by atoms with Crippen molar-refractivity contribution in [2.24, 2.45) is 5.92 Å². The quantitative estimate of drug-likeness (QED) is 0.861. The van der Waals surface area contributed by atoms with Crippen molar-refractivity contribution in [3.05, 3.63) is 23.9 Å². The molecule has 1 heterocycles. The van der Waals surface area contributed by atoms with E-state index in [4.69, 9.17) is 5.11 Å². The second kappa shape index (κ2) is 6.20. The van der Waals surface area contributed by atoms with Crippen LogP contribution < -0.4 is 10.1 Å². The molecule has 9 heteroatoms. The molecule has 2 N–H and O–H groups in total. The maximum absolute atomic E-state index is 12.0. The zero-order valence-corrected chi connectivity index (χ0v) is 11.3. The fraction of sp³-hybridized carbons (Fsp3) is 0.462. The minimum atomic E-state index is -4.49. The molecular formula is C13H13F3N2O4. The molecule has 0 atom stereocenters. The van der Waals surface area contributed by atoms with Crippen LogP contribution >= 0.6 is 0 Å². The van der Waals surface area contributed by atoms with Crippen molar-refractivity contribution in [1.82, 2.24) is 10.3 Å². The summed E-state index contributed by atoms with van der Waals surface area (Å²) in [6.45, 7) is -1.49. The molecule has 0 saturated heterocycles. The van der Waals surface area contributed by atoms with Gasteiger partial charge in [0, 0.05) is 12.1 Å². The van der Waals surface area contributed by atoms with E-state index in [2.05, 4.69) is 15.0 Å². The predicted molar refractivity (Wildman–Crippen MR) is 67.4 cm³/mol. The summed E-state index contributed by atoms with van der Waals surface area (Å²) in [7, 11) is 0. The number of ether oxygens (including phenoxy) is 1. The molecule has 0 aliphatic heterocycles. The Labute approximate surface area is 123 Å². The molecular weight excluding hydrogens is 305 g/mol. The third-order valence-electron chi connectivity index (χ3n) is 3.16. The third kappa shape index (κ3) is 4.34. The monoisotopic (exact) mass is 318 g/mol. The summed E-state index contributed by atoms with van der Waals surface area (Å²) in [5.41, 5.74) is -0.0848. The molecule has 1 saturated carbocycles. The van der Waals surface area contributed by atoms with Gasteiger partial charge in [-0.15, -0.1) is 0 Å². The van der Waals surface area contributed by atoms with E-state index in [9.17, 15) is 22.8 Å². The Morgan fingerprint density at radius 2 is 2.05 bits per heavy atom. The number of carbonyl (C=O) groups is 2. The number of nitrogens with one attached hydrogen (secondary N) is 1. The van der Waals surface area contributed by atoms with Gasteiger partial charge >= 0.3 is 12.1 Å². The number of hydrogen-bond acceptors (Lipinski definition) is 4. The van der Waals surface area contributed by atoms with Crippen LogP contribution in [0.1, 0.15) is 23.3 Å². The van der Waals surface area contributed by atoms with Crippen LogP contribution in [0.3, 0.4) is 0 Å². The van der Waals surface area contributed by atoms with Crippen LogP contribution in [0.4, 0.5) is 13.2 Å². The molecule has 1 aliphatic carbocycles. The summed E-state index contributed by atoms with van der Waals surface area (Å²) < 4.78 is 40.6. The number of carbonyl (C=O) groups excluding carboxylic acids is 1. The summed E-state index contributed by atoms with van der Waals surface area (Å²) in [6, 6.07) is 3.64. The number of nitrogens with zero attached hydrogens (tertiary/aromatic N) is 1. The van der Waals surface area contributed by atoms with Crippen molar-refractivity contribution in [1.29, 1.82) is 0 Å². The number of aliphatic carboxylic acids is 1. The molecule has 0 spiro atoms. The average molecular weight is 318 g/mol. The molecule has 0 unspecified atom stereocenters. The lowest BCUT2D eigenvalue weighted by Crippen LogP contribution is -2.46. The zero-order valence-electron chi connectivity index (χ0n) is 11.3. The number of aromatic nitrogens is 1. The SMILES string of the molecule is O=C(NC1CC(C(=O)O)C1)c1cccc(OCC(F)(F)F)n1. The minimum Gasteiger partial charge on any atom is -0.481 e. The van der Waals surface area contributed by atoms with Gasteiger partial charge in [0.2, 0.25) is 5.88 Å². The number of amides is 1. The van der Waals surface area contributed by atoms with Crippen molar-refractivity contribution in [2.45, 2.75) is 25.1 Å². The van der Waals surface area contributed by atoms with E-state index in [1.54, 1.807) is 0 Å². The molecule has 1 aliphatic rings. The number of rotatable bonds is 5. The summed E-state index contributed by atoms with van der Waals surface area (Å²) in [5.74, 6) is -2.26. The van der Waals surface area contributed by atoms with E-state index in [0.29, 0.717) is 12.8 Å². The first-order valence-corrected chi connectivity index (χ1v) is 6.45. The Balaban J connectivity index is 1.89. The molecule has 6 nitrogen and oxygen atoms in total. The number of carboxylic acid groups (broad SMARTS) is 1. The summed E-state index contributed by atoms with van der Waals surface area (Å²) in [5, 5.41) is 11.3. The van der Waals surface area contributed by atoms with Gasteiger partial charge in [0.1, 0.15) is 5.69 Å². The number of pyridine rings is 1. The smallest absolute Gasteiger partial charge is 0.422 e. The van der Waals surface area contributed by atoms with Crippen LogP contribution in [-0.4, -0.2) is 40.8 Å². The number of hydrogen-bond donors (Lipinski definition) is 2. The highest BCUT2D eigenvalue weighted by atomic mass is 19.4. The molecule has 1 amide bonds. The summed E-state index contributed by atoms with van der Waals surface area (Å²) >= 11 is 0. The van der Waals surface area contributed by atoms with Crippen molar-refractivity contribution in [3.63, 3.8) is 0 Å². The van der Waals surface area contributed by atoms with Gasteiger partial charge in [0.15, 0.2) is 6.61 Å². The molecule has 1 aromatic heterocycles. The first-order chi connectivity index (χ1) is 10.2. The summed E-state index contributed by atoms with van der Waals surface area (Å²) in [6.07, 6.45) is -3.84. The minimum absolute atomic E-state index is 0.0848. The maximum atomic E-state index is 12.0. The van der Waals surface area contributed by atoms with E-state index in [0.717, 1.165) is 0 Å². The second-order valence-electron chi connectivity index (χ2n) is 4.94. The van der Waals surface area contributed by atoms with Gasteiger partial charge in [-0.25, -0.2) is 4.98 Å². The van der Waals surface area contributed by atoms with Crippen molar-refractivity contribution in [2.75, 3.05) is 6.61 Å². The number of carboxylic acids is 1. The lowest BCUT2D eigenvalue weighted by atomic mass is 9.80. The predicted octanol–water partition coefficient (Wildman–Crippen LogP) is 1.62. The third-order valence-corrected chi connectivity index (χ3v) is 3.16. The Morgan fingerprint density at radius 1 is 1.36 bits per heavy atom. The number of halogens is 3. The molecule has 22 heavy (non-hydrogen) atoms. The zero-order chi connectivity index (χ0) is 16.3. The van der Waals surface area contributed by atoms with Gasteiger partial charge in [-0.1, -0.05) is 6.07 Å². The Morgan fingerprint density at radius 3 is 2.64 bits per heavy atom. The standard InChI is InChI=1S/C13H13F3N2O4/c14-13(15,16)6-22-10-3-1-2-9(18-10)11(19)17-8-4-7(5-8)12(20)21/h1-3,7-8H,4-6H2,(H,17,19)(H,20,21).